The lowest BCUT2D eigenvalue weighted by Gasteiger charge is -2.21. The summed E-state index contributed by atoms with van der Waals surface area (Å²) in [4.78, 5) is 13.2. The molecule has 0 aliphatic carbocycles. The van der Waals surface area contributed by atoms with Crippen LogP contribution < -0.4 is 16.4 Å². The summed E-state index contributed by atoms with van der Waals surface area (Å²) in [5, 5.41) is 4.12. The van der Waals surface area contributed by atoms with E-state index in [4.69, 9.17) is 11.5 Å². The fraction of sp³-hybridized carbons (Fsp3) is 0.154. The van der Waals surface area contributed by atoms with E-state index in [1.165, 1.54) is 5.56 Å². The number of hydrogen-bond donors (Lipinski definition) is 2. The van der Waals surface area contributed by atoms with Crippen molar-refractivity contribution in [3.8, 4) is 0 Å². The van der Waals surface area contributed by atoms with Gasteiger partial charge in [0.05, 0.1) is 16.9 Å². The Morgan fingerprint density at radius 2 is 2.17 bits per heavy atom. The zero-order chi connectivity index (χ0) is 13.1. The van der Waals surface area contributed by atoms with Gasteiger partial charge in [-0.1, -0.05) is 6.07 Å². The van der Waals surface area contributed by atoms with Gasteiger partial charge in [-0.15, -0.1) is 0 Å². The first-order chi connectivity index (χ1) is 8.59. The van der Waals surface area contributed by atoms with Gasteiger partial charge in [-0.3, -0.25) is 4.79 Å². The van der Waals surface area contributed by atoms with Crippen LogP contribution in [0, 0.1) is 0 Å². The van der Waals surface area contributed by atoms with Gasteiger partial charge >= 0.3 is 0 Å². The molecule has 0 aliphatic heterocycles. The molecular formula is C13H15N3OS. The highest BCUT2D eigenvalue weighted by Gasteiger charge is 2.12. The van der Waals surface area contributed by atoms with Crippen molar-refractivity contribution in [3.63, 3.8) is 0 Å². The summed E-state index contributed by atoms with van der Waals surface area (Å²) in [5.74, 6) is -0.502. The number of amides is 1. The molecule has 0 radical (unpaired) electrons. The third kappa shape index (κ3) is 2.46. The van der Waals surface area contributed by atoms with Gasteiger partial charge in [-0.05, 0) is 34.5 Å². The Morgan fingerprint density at radius 1 is 1.39 bits per heavy atom. The molecule has 1 aromatic heterocycles. The fourth-order valence-electron chi connectivity index (χ4n) is 1.84. The van der Waals surface area contributed by atoms with Crippen LogP contribution in [-0.4, -0.2) is 13.0 Å². The van der Waals surface area contributed by atoms with E-state index >= 15 is 0 Å². The lowest BCUT2D eigenvalue weighted by atomic mass is 10.1. The van der Waals surface area contributed by atoms with E-state index in [2.05, 4.69) is 11.4 Å². The largest absolute Gasteiger partial charge is 0.396 e. The van der Waals surface area contributed by atoms with Gasteiger partial charge in [-0.2, -0.15) is 11.3 Å². The topological polar surface area (TPSA) is 72.3 Å². The van der Waals surface area contributed by atoms with E-state index in [9.17, 15) is 4.79 Å². The molecule has 1 heterocycles. The molecule has 5 heteroatoms. The molecule has 0 saturated carbocycles. The van der Waals surface area contributed by atoms with Crippen molar-refractivity contribution in [1.82, 2.24) is 0 Å². The van der Waals surface area contributed by atoms with Crippen LogP contribution in [0.15, 0.2) is 35.0 Å². The van der Waals surface area contributed by atoms with Crippen molar-refractivity contribution < 1.29 is 4.79 Å². The van der Waals surface area contributed by atoms with Gasteiger partial charge < -0.3 is 16.4 Å². The van der Waals surface area contributed by atoms with E-state index in [0.717, 1.165) is 12.2 Å². The Hall–Kier alpha value is -2.01. The summed E-state index contributed by atoms with van der Waals surface area (Å²) in [6, 6.07) is 7.37. The van der Waals surface area contributed by atoms with Gasteiger partial charge in [-0.25, -0.2) is 0 Å². The highest BCUT2D eigenvalue weighted by Crippen LogP contribution is 2.27. The Balaban J connectivity index is 2.27. The van der Waals surface area contributed by atoms with Crippen LogP contribution in [0.3, 0.4) is 0 Å². The van der Waals surface area contributed by atoms with Crippen molar-refractivity contribution in [2.75, 3.05) is 17.7 Å². The second-order valence-corrected chi connectivity index (χ2v) is 4.87. The molecule has 0 fully saturated rings. The molecule has 0 aliphatic rings. The highest BCUT2D eigenvalue weighted by molar-refractivity contribution is 7.07. The quantitative estimate of drug-likeness (QED) is 0.827. The number of carbonyl (C=O) groups is 1. The number of nitrogens with two attached hydrogens (primary N) is 2. The average molecular weight is 261 g/mol. The number of benzene rings is 1. The van der Waals surface area contributed by atoms with Gasteiger partial charge in [0.1, 0.15) is 0 Å². The number of nitrogen functional groups attached to an aromatic ring is 1. The molecule has 18 heavy (non-hydrogen) atoms. The lowest BCUT2D eigenvalue weighted by Crippen LogP contribution is -2.20. The van der Waals surface area contributed by atoms with Crippen molar-refractivity contribution >= 4 is 28.6 Å². The normalized spacial score (nSPS) is 10.3. The molecule has 0 atom stereocenters. The van der Waals surface area contributed by atoms with Gasteiger partial charge in [0.15, 0.2) is 0 Å². The standard InChI is InChI=1S/C13H15N3OS/c1-16(7-9-5-6-18-8-9)11-4-2-3-10(12(11)14)13(15)17/h2-6,8H,7,14H2,1H3,(H2,15,17). The predicted molar refractivity (Wildman–Crippen MR) is 75.8 cm³/mol. The number of rotatable bonds is 4. The van der Waals surface area contributed by atoms with Crippen LogP contribution in [-0.2, 0) is 6.54 Å². The predicted octanol–water partition coefficient (Wildman–Crippen LogP) is 2.07. The third-order valence-corrected chi connectivity index (χ3v) is 3.49. The lowest BCUT2D eigenvalue weighted by molar-refractivity contribution is 0.100. The van der Waals surface area contributed by atoms with Gasteiger partial charge in [0, 0.05) is 13.6 Å². The minimum absolute atomic E-state index is 0.365. The summed E-state index contributed by atoms with van der Waals surface area (Å²) in [6.07, 6.45) is 0. The van der Waals surface area contributed by atoms with Crippen LogP contribution in [0.4, 0.5) is 11.4 Å². The fourth-order valence-corrected chi connectivity index (χ4v) is 2.50. The van der Waals surface area contributed by atoms with Crippen LogP contribution in [0.5, 0.6) is 0 Å². The molecule has 0 unspecified atom stereocenters. The van der Waals surface area contributed by atoms with Crippen LogP contribution in [0.2, 0.25) is 0 Å². The molecule has 0 spiro atoms. The van der Waals surface area contributed by atoms with Gasteiger partial charge in [0.25, 0.3) is 5.91 Å². The zero-order valence-electron chi connectivity index (χ0n) is 10.1. The van der Waals surface area contributed by atoms with Crippen molar-refractivity contribution in [2.24, 2.45) is 5.73 Å². The van der Waals surface area contributed by atoms with Crippen molar-refractivity contribution in [3.05, 3.63) is 46.2 Å². The van der Waals surface area contributed by atoms with E-state index in [1.807, 2.05) is 23.4 Å². The Labute approximate surface area is 110 Å². The first-order valence-electron chi connectivity index (χ1n) is 5.50. The van der Waals surface area contributed by atoms with E-state index in [1.54, 1.807) is 23.5 Å². The second kappa shape index (κ2) is 5.10. The summed E-state index contributed by atoms with van der Waals surface area (Å²) in [5.41, 5.74) is 14.1. The maximum atomic E-state index is 11.2. The maximum Gasteiger partial charge on any atom is 0.250 e. The molecular weight excluding hydrogens is 246 g/mol. The molecule has 1 amide bonds. The Morgan fingerprint density at radius 3 is 2.78 bits per heavy atom. The van der Waals surface area contributed by atoms with E-state index in [0.29, 0.717) is 11.3 Å². The molecule has 0 bridgehead atoms. The molecule has 2 rings (SSSR count). The molecule has 4 nitrogen and oxygen atoms in total. The number of nitrogens with zero attached hydrogens (tertiary/aromatic N) is 1. The number of carbonyl (C=O) groups excluding carboxylic acids is 1. The van der Waals surface area contributed by atoms with Crippen LogP contribution in [0.25, 0.3) is 0 Å². The minimum atomic E-state index is -0.502. The second-order valence-electron chi connectivity index (χ2n) is 4.09. The molecule has 2 aromatic rings. The summed E-state index contributed by atoms with van der Waals surface area (Å²) >= 11 is 1.66. The number of thiophene rings is 1. The first-order valence-corrected chi connectivity index (χ1v) is 6.44. The molecule has 94 valence electrons. The van der Waals surface area contributed by atoms with Crippen molar-refractivity contribution in [1.29, 1.82) is 0 Å². The first kappa shape index (κ1) is 12.4. The Kier molecular flexibility index (Phi) is 3.53. The monoisotopic (exact) mass is 261 g/mol. The maximum absolute atomic E-state index is 11.2. The van der Waals surface area contributed by atoms with Crippen LogP contribution in [0.1, 0.15) is 15.9 Å². The average Bonchev–Trinajstić information content (AvgIpc) is 2.81. The summed E-state index contributed by atoms with van der Waals surface area (Å²) in [7, 11) is 1.94. The number of anilines is 2. The van der Waals surface area contributed by atoms with E-state index < -0.39 is 5.91 Å². The smallest absolute Gasteiger partial charge is 0.250 e. The number of primary amides is 1. The highest BCUT2D eigenvalue weighted by atomic mass is 32.1. The number of hydrogen-bond acceptors (Lipinski definition) is 4. The summed E-state index contributed by atoms with van der Waals surface area (Å²) in [6.45, 7) is 0.746. The number of para-hydroxylation sites is 1. The van der Waals surface area contributed by atoms with Crippen molar-refractivity contribution in [2.45, 2.75) is 6.54 Å². The summed E-state index contributed by atoms with van der Waals surface area (Å²) < 4.78 is 0. The minimum Gasteiger partial charge on any atom is -0.396 e. The third-order valence-electron chi connectivity index (χ3n) is 2.76. The molecule has 1 aromatic carbocycles. The molecule has 4 N–H and O–H groups in total. The van der Waals surface area contributed by atoms with E-state index in [-0.39, 0.29) is 0 Å². The molecule has 0 saturated heterocycles. The Bertz CT molecular complexity index is 551. The van der Waals surface area contributed by atoms with Gasteiger partial charge in [0.2, 0.25) is 0 Å². The van der Waals surface area contributed by atoms with Crippen LogP contribution >= 0.6 is 11.3 Å². The zero-order valence-corrected chi connectivity index (χ0v) is 10.9. The SMILES string of the molecule is CN(Cc1ccsc1)c1cccc(C(N)=O)c1N.